The number of nitrogens with two attached hydrogens (primary N) is 1. The first kappa shape index (κ1) is 14.5. The smallest absolute Gasteiger partial charge is 0.303 e. The molecule has 0 spiro atoms. The molecule has 2 unspecified atom stereocenters. The Morgan fingerprint density at radius 1 is 1.39 bits per heavy atom. The Balaban J connectivity index is 3.00. The highest BCUT2D eigenvalue weighted by Gasteiger charge is 2.19. The highest BCUT2D eigenvalue weighted by atomic mass is 16.5. The summed E-state index contributed by atoms with van der Waals surface area (Å²) in [4.78, 5) is 10.7. The van der Waals surface area contributed by atoms with E-state index >= 15 is 0 Å². The van der Waals surface area contributed by atoms with Gasteiger partial charge < -0.3 is 15.6 Å². The van der Waals surface area contributed by atoms with E-state index < -0.39 is 5.97 Å². The van der Waals surface area contributed by atoms with Crippen LogP contribution in [0.4, 0.5) is 0 Å². The van der Waals surface area contributed by atoms with Crippen molar-refractivity contribution in [2.45, 2.75) is 33.2 Å². The van der Waals surface area contributed by atoms with Crippen molar-refractivity contribution in [2.24, 2.45) is 11.7 Å². The number of aryl methyl sites for hydroxylation is 2. The quantitative estimate of drug-likeness (QED) is 0.843. The van der Waals surface area contributed by atoms with Gasteiger partial charge in [-0.1, -0.05) is 19.1 Å². The van der Waals surface area contributed by atoms with E-state index in [4.69, 9.17) is 15.6 Å². The largest absolute Gasteiger partial charge is 0.496 e. The summed E-state index contributed by atoms with van der Waals surface area (Å²) in [5, 5.41) is 8.80. The van der Waals surface area contributed by atoms with Gasteiger partial charge in [0.25, 0.3) is 0 Å². The lowest BCUT2D eigenvalue weighted by atomic mass is 9.90. The second kappa shape index (κ2) is 5.87. The molecule has 0 fully saturated rings. The number of aliphatic carboxylic acids is 1. The Kier molecular flexibility index (Phi) is 4.73. The van der Waals surface area contributed by atoms with Crippen LogP contribution in [0.5, 0.6) is 5.75 Å². The number of ether oxygens (including phenoxy) is 1. The van der Waals surface area contributed by atoms with Crippen molar-refractivity contribution in [3.63, 3.8) is 0 Å². The van der Waals surface area contributed by atoms with Gasteiger partial charge in [-0.05, 0) is 36.5 Å². The zero-order chi connectivity index (χ0) is 13.9. The molecule has 0 aliphatic heterocycles. The predicted octanol–water partition coefficient (Wildman–Crippen LogP) is 2.42. The van der Waals surface area contributed by atoms with Crippen molar-refractivity contribution in [1.82, 2.24) is 0 Å². The zero-order valence-electron chi connectivity index (χ0n) is 11.4. The molecule has 0 amide bonds. The first-order valence-electron chi connectivity index (χ1n) is 5.99. The third-order valence-corrected chi connectivity index (χ3v) is 3.18. The summed E-state index contributed by atoms with van der Waals surface area (Å²) in [6.07, 6.45) is 0.0747. The Bertz CT molecular complexity index is 420. The van der Waals surface area contributed by atoms with Gasteiger partial charge in [-0.15, -0.1) is 0 Å². The minimum Gasteiger partial charge on any atom is -0.496 e. The molecule has 18 heavy (non-hydrogen) atoms. The van der Waals surface area contributed by atoms with Crippen LogP contribution in [-0.2, 0) is 4.79 Å². The van der Waals surface area contributed by atoms with E-state index in [1.165, 1.54) is 0 Å². The van der Waals surface area contributed by atoms with Crippen molar-refractivity contribution < 1.29 is 14.6 Å². The molecule has 4 heteroatoms. The van der Waals surface area contributed by atoms with E-state index in [0.29, 0.717) is 0 Å². The Morgan fingerprint density at radius 2 is 1.89 bits per heavy atom. The number of rotatable bonds is 5. The van der Waals surface area contributed by atoms with Crippen LogP contribution in [0.3, 0.4) is 0 Å². The van der Waals surface area contributed by atoms with E-state index in [2.05, 4.69) is 0 Å². The fourth-order valence-electron chi connectivity index (χ4n) is 2.23. The van der Waals surface area contributed by atoms with Crippen molar-refractivity contribution in [3.05, 3.63) is 28.8 Å². The number of hydrogen-bond donors (Lipinski definition) is 2. The van der Waals surface area contributed by atoms with Gasteiger partial charge in [0.2, 0.25) is 0 Å². The highest BCUT2D eigenvalue weighted by molar-refractivity contribution is 5.67. The molecule has 0 radical (unpaired) electrons. The van der Waals surface area contributed by atoms with Crippen molar-refractivity contribution >= 4 is 5.97 Å². The maximum atomic E-state index is 10.7. The lowest BCUT2D eigenvalue weighted by Gasteiger charge is -2.21. The van der Waals surface area contributed by atoms with Crippen LogP contribution in [0.2, 0.25) is 0 Å². The molecule has 0 saturated heterocycles. The molecule has 100 valence electrons. The summed E-state index contributed by atoms with van der Waals surface area (Å²) >= 11 is 0. The summed E-state index contributed by atoms with van der Waals surface area (Å²) in [5.41, 5.74) is 9.11. The monoisotopic (exact) mass is 251 g/mol. The van der Waals surface area contributed by atoms with E-state index in [1.807, 2.05) is 32.9 Å². The van der Waals surface area contributed by atoms with Gasteiger partial charge >= 0.3 is 5.97 Å². The number of benzene rings is 1. The first-order chi connectivity index (χ1) is 8.36. The van der Waals surface area contributed by atoms with Gasteiger partial charge in [0.05, 0.1) is 7.11 Å². The molecule has 0 aliphatic carbocycles. The molecule has 4 nitrogen and oxygen atoms in total. The minimum atomic E-state index is -0.820. The lowest BCUT2D eigenvalue weighted by molar-refractivity contribution is -0.138. The van der Waals surface area contributed by atoms with Gasteiger partial charge in [0.15, 0.2) is 0 Å². The Morgan fingerprint density at radius 3 is 2.28 bits per heavy atom. The molecular formula is C14H21NO3. The van der Waals surface area contributed by atoms with Crippen LogP contribution in [0.25, 0.3) is 0 Å². The SMILES string of the molecule is COc1c(C)cc(C(N)C(C)CC(=O)O)cc1C. The molecule has 0 aliphatic rings. The predicted molar refractivity (Wildman–Crippen MR) is 70.8 cm³/mol. The number of methoxy groups -OCH3 is 1. The number of carboxylic acid groups (broad SMARTS) is 1. The van der Waals surface area contributed by atoms with Crippen LogP contribution in [-0.4, -0.2) is 18.2 Å². The summed E-state index contributed by atoms with van der Waals surface area (Å²) in [6.45, 7) is 5.78. The molecule has 1 aromatic rings. The number of hydrogen-bond acceptors (Lipinski definition) is 3. The highest BCUT2D eigenvalue weighted by Crippen LogP contribution is 2.29. The second-order valence-corrected chi connectivity index (χ2v) is 4.79. The van der Waals surface area contributed by atoms with Gasteiger partial charge in [0, 0.05) is 12.5 Å². The second-order valence-electron chi connectivity index (χ2n) is 4.79. The molecule has 0 bridgehead atoms. The average molecular weight is 251 g/mol. The maximum Gasteiger partial charge on any atom is 0.303 e. The summed E-state index contributed by atoms with van der Waals surface area (Å²) in [7, 11) is 1.64. The summed E-state index contributed by atoms with van der Waals surface area (Å²) in [5.74, 6) is -0.0635. The summed E-state index contributed by atoms with van der Waals surface area (Å²) < 4.78 is 5.30. The van der Waals surface area contributed by atoms with Crippen LogP contribution < -0.4 is 10.5 Å². The van der Waals surface area contributed by atoms with E-state index in [-0.39, 0.29) is 18.4 Å². The molecule has 0 saturated carbocycles. The van der Waals surface area contributed by atoms with Crippen molar-refractivity contribution in [3.8, 4) is 5.75 Å². The van der Waals surface area contributed by atoms with Crippen LogP contribution in [0.15, 0.2) is 12.1 Å². The number of carboxylic acids is 1. The Hall–Kier alpha value is -1.55. The third-order valence-electron chi connectivity index (χ3n) is 3.18. The fourth-order valence-corrected chi connectivity index (χ4v) is 2.23. The van der Waals surface area contributed by atoms with Crippen molar-refractivity contribution in [2.75, 3.05) is 7.11 Å². The average Bonchev–Trinajstić information content (AvgIpc) is 2.26. The zero-order valence-corrected chi connectivity index (χ0v) is 11.4. The molecule has 1 rings (SSSR count). The standard InChI is InChI=1S/C14H21NO3/c1-8(7-12(16)17)13(15)11-5-9(2)14(18-4)10(3)6-11/h5-6,8,13H,7,15H2,1-4H3,(H,16,17). The van der Waals surface area contributed by atoms with Crippen molar-refractivity contribution in [1.29, 1.82) is 0 Å². The molecule has 0 heterocycles. The van der Waals surface area contributed by atoms with E-state index in [0.717, 1.165) is 22.4 Å². The van der Waals surface area contributed by atoms with Gasteiger partial charge in [-0.25, -0.2) is 0 Å². The molecular weight excluding hydrogens is 230 g/mol. The van der Waals surface area contributed by atoms with Gasteiger partial charge in [-0.3, -0.25) is 4.79 Å². The first-order valence-corrected chi connectivity index (χ1v) is 5.99. The molecule has 1 aromatic carbocycles. The fraction of sp³-hybridized carbons (Fsp3) is 0.500. The van der Waals surface area contributed by atoms with Gasteiger partial charge in [0.1, 0.15) is 5.75 Å². The normalized spacial score (nSPS) is 14.1. The van der Waals surface area contributed by atoms with Crippen LogP contribution >= 0.6 is 0 Å². The Labute approximate surface area is 108 Å². The molecule has 3 N–H and O–H groups in total. The summed E-state index contributed by atoms with van der Waals surface area (Å²) in [6, 6.07) is 3.66. The topological polar surface area (TPSA) is 72.5 Å². The minimum absolute atomic E-state index is 0.0747. The van der Waals surface area contributed by atoms with E-state index in [1.54, 1.807) is 7.11 Å². The molecule has 0 aromatic heterocycles. The van der Waals surface area contributed by atoms with Gasteiger partial charge in [-0.2, -0.15) is 0 Å². The molecule has 2 atom stereocenters. The van der Waals surface area contributed by atoms with E-state index in [9.17, 15) is 4.79 Å². The lowest BCUT2D eigenvalue weighted by Crippen LogP contribution is -2.21. The van der Waals surface area contributed by atoms with Crippen LogP contribution in [0.1, 0.15) is 36.1 Å². The third kappa shape index (κ3) is 3.23. The van der Waals surface area contributed by atoms with Crippen LogP contribution in [0, 0.1) is 19.8 Å². The maximum absolute atomic E-state index is 10.7. The number of carbonyl (C=O) groups is 1.